The number of carbonyl (C=O) groups excluding carboxylic acids is 1. The molecule has 0 saturated carbocycles. The van der Waals surface area contributed by atoms with Gasteiger partial charge in [0.2, 0.25) is 5.91 Å². The lowest BCUT2D eigenvalue weighted by atomic mass is 10.2. The number of ether oxygens (including phenoxy) is 2. The number of benzene rings is 1. The largest absolute Gasteiger partial charge is 0.493 e. The predicted molar refractivity (Wildman–Crippen MR) is 85.6 cm³/mol. The average Bonchev–Trinajstić information content (AvgIpc) is 2.42. The monoisotopic (exact) mass is 291 g/mol. The second kappa shape index (κ2) is 8.35. The fourth-order valence-electron chi connectivity index (χ4n) is 1.67. The number of methoxy groups -OCH3 is 1. The van der Waals surface area contributed by atoms with Crippen LogP contribution in [0.3, 0.4) is 0 Å². The summed E-state index contributed by atoms with van der Waals surface area (Å²) < 4.78 is 11.0. The molecular weight excluding hydrogens is 266 g/mol. The smallest absolute Gasteiger partial charge is 0.244 e. The van der Waals surface area contributed by atoms with E-state index in [4.69, 9.17) is 9.47 Å². The summed E-state index contributed by atoms with van der Waals surface area (Å²) in [6, 6.07) is 5.75. The van der Waals surface area contributed by atoms with Gasteiger partial charge >= 0.3 is 0 Å². The molecule has 21 heavy (non-hydrogen) atoms. The minimum Gasteiger partial charge on any atom is -0.493 e. The van der Waals surface area contributed by atoms with Crippen LogP contribution in [0.2, 0.25) is 0 Å². The third kappa shape index (κ3) is 6.34. The van der Waals surface area contributed by atoms with Crippen LogP contribution < -0.4 is 14.8 Å². The maximum atomic E-state index is 11.6. The number of amides is 1. The van der Waals surface area contributed by atoms with Crippen LogP contribution in [0.5, 0.6) is 11.5 Å². The molecule has 0 fully saturated rings. The van der Waals surface area contributed by atoms with Crippen LogP contribution in [0.4, 0.5) is 0 Å². The number of carbonyl (C=O) groups is 1. The summed E-state index contributed by atoms with van der Waals surface area (Å²) in [5, 5.41) is 2.80. The van der Waals surface area contributed by atoms with Crippen LogP contribution in [0.25, 0.3) is 6.08 Å². The maximum absolute atomic E-state index is 11.6. The summed E-state index contributed by atoms with van der Waals surface area (Å²) in [4.78, 5) is 11.6. The molecule has 0 heterocycles. The summed E-state index contributed by atoms with van der Waals surface area (Å²) in [7, 11) is 1.61. The van der Waals surface area contributed by atoms with Crippen molar-refractivity contribution in [3.8, 4) is 11.5 Å². The highest BCUT2D eigenvalue weighted by Gasteiger charge is 2.06. The summed E-state index contributed by atoms with van der Waals surface area (Å²) in [6.45, 7) is 8.68. The Kier molecular flexibility index (Phi) is 6.79. The van der Waals surface area contributed by atoms with Crippen molar-refractivity contribution in [2.75, 3.05) is 13.7 Å². The van der Waals surface area contributed by atoms with Crippen molar-refractivity contribution in [1.29, 1.82) is 0 Å². The number of hydrogen-bond donors (Lipinski definition) is 1. The summed E-state index contributed by atoms with van der Waals surface area (Å²) in [5.74, 6) is 1.73. The molecule has 1 N–H and O–H groups in total. The van der Waals surface area contributed by atoms with Crippen LogP contribution in [0, 0.1) is 5.92 Å². The van der Waals surface area contributed by atoms with Crippen LogP contribution in [-0.2, 0) is 4.79 Å². The van der Waals surface area contributed by atoms with E-state index in [1.54, 1.807) is 13.2 Å². The van der Waals surface area contributed by atoms with E-state index in [9.17, 15) is 4.79 Å². The van der Waals surface area contributed by atoms with E-state index in [-0.39, 0.29) is 11.9 Å². The van der Waals surface area contributed by atoms with Gasteiger partial charge in [-0.3, -0.25) is 4.79 Å². The Morgan fingerprint density at radius 2 is 1.95 bits per heavy atom. The van der Waals surface area contributed by atoms with Crippen molar-refractivity contribution in [1.82, 2.24) is 5.32 Å². The van der Waals surface area contributed by atoms with Crippen molar-refractivity contribution in [2.45, 2.75) is 33.7 Å². The number of nitrogens with one attached hydrogen (secondary N) is 1. The third-order valence-electron chi connectivity index (χ3n) is 2.62. The molecule has 1 aromatic carbocycles. The Morgan fingerprint density at radius 1 is 1.24 bits per heavy atom. The van der Waals surface area contributed by atoms with Crippen LogP contribution in [-0.4, -0.2) is 25.7 Å². The first-order valence-corrected chi connectivity index (χ1v) is 7.21. The molecule has 0 spiro atoms. The zero-order valence-electron chi connectivity index (χ0n) is 13.5. The molecule has 0 radical (unpaired) electrons. The molecule has 0 bridgehead atoms. The minimum absolute atomic E-state index is 0.107. The van der Waals surface area contributed by atoms with Gasteiger partial charge in [0, 0.05) is 12.1 Å². The zero-order valence-corrected chi connectivity index (χ0v) is 13.5. The van der Waals surface area contributed by atoms with Gasteiger partial charge in [-0.25, -0.2) is 0 Å². The first-order valence-electron chi connectivity index (χ1n) is 7.21. The molecular formula is C17H25NO3. The van der Waals surface area contributed by atoms with Crippen LogP contribution >= 0.6 is 0 Å². The third-order valence-corrected chi connectivity index (χ3v) is 2.62. The van der Waals surface area contributed by atoms with Gasteiger partial charge in [-0.05, 0) is 43.5 Å². The Morgan fingerprint density at radius 3 is 2.52 bits per heavy atom. The molecule has 0 aliphatic heterocycles. The molecule has 4 heteroatoms. The quantitative estimate of drug-likeness (QED) is 0.784. The molecule has 0 aromatic heterocycles. The fraction of sp³-hybridized carbons (Fsp3) is 0.471. The minimum atomic E-state index is -0.107. The lowest BCUT2D eigenvalue weighted by Crippen LogP contribution is -2.28. The van der Waals surface area contributed by atoms with Crippen molar-refractivity contribution in [3.05, 3.63) is 29.8 Å². The maximum Gasteiger partial charge on any atom is 0.244 e. The van der Waals surface area contributed by atoms with E-state index in [1.807, 2.05) is 32.0 Å². The Labute approximate surface area is 127 Å². The molecule has 0 atom stereocenters. The molecule has 0 aliphatic carbocycles. The van der Waals surface area contributed by atoms with Crippen LogP contribution in [0.15, 0.2) is 24.3 Å². The predicted octanol–water partition coefficient (Wildman–Crippen LogP) is 3.27. The van der Waals surface area contributed by atoms with E-state index < -0.39 is 0 Å². The highest BCUT2D eigenvalue weighted by Crippen LogP contribution is 2.28. The molecule has 116 valence electrons. The Balaban J connectivity index is 2.77. The first-order chi connectivity index (χ1) is 9.92. The van der Waals surface area contributed by atoms with Gasteiger partial charge in [0.15, 0.2) is 11.5 Å². The van der Waals surface area contributed by atoms with Gasteiger partial charge in [-0.1, -0.05) is 19.9 Å². The average molecular weight is 291 g/mol. The molecule has 0 aliphatic rings. The van der Waals surface area contributed by atoms with Gasteiger partial charge < -0.3 is 14.8 Å². The van der Waals surface area contributed by atoms with Gasteiger partial charge in [-0.2, -0.15) is 0 Å². The standard InChI is InChI=1S/C17H25NO3/c1-12(2)11-21-15-8-6-14(10-16(15)20-5)7-9-17(19)18-13(3)4/h6-10,12-13H,11H2,1-5H3,(H,18,19)/b9-7+. The number of hydrogen-bond acceptors (Lipinski definition) is 3. The van der Waals surface area contributed by atoms with E-state index in [2.05, 4.69) is 19.2 Å². The van der Waals surface area contributed by atoms with Gasteiger partial charge in [-0.15, -0.1) is 0 Å². The Bertz CT molecular complexity index is 493. The highest BCUT2D eigenvalue weighted by atomic mass is 16.5. The second-order valence-electron chi connectivity index (χ2n) is 5.61. The molecule has 1 aromatic rings. The summed E-state index contributed by atoms with van der Waals surface area (Å²) >= 11 is 0. The first kappa shape index (κ1) is 17.1. The fourth-order valence-corrected chi connectivity index (χ4v) is 1.67. The van der Waals surface area contributed by atoms with Crippen molar-refractivity contribution in [3.63, 3.8) is 0 Å². The van der Waals surface area contributed by atoms with Gasteiger partial charge in [0.1, 0.15) is 0 Å². The number of rotatable bonds is 7. The van der Waals surface area contributed by atoms with Crippen LogP contribution in [0.1, 0.15) is 33.3 Å². The summed E-state index contributed by atoms with van der Waals surface area (Å²) in [5.41, 5.74) is 0.891. The van der Waals surface area contributed by atoms with Gasteiger partial charge in [0.05, 0.1) is 13.7 Å². The highest BCUT2D eigenvalue weighted by molar-refractivity contribution is 5.91. The second-order valence-corrected chi connectivity index (χ2v) is 5.61. The van der Waals surface area contributed by atoms with Crippen molar-refractivity contribution >= 4 is 12.0 Å². The molecule has 0 unspecified atom stereocenters. The molecule has 1 amide bonds. The van der Waals surface area contributed by atoms with E-state index in [0.29, 0.717) is 18.3 Å². The molecule has 0 saturated heterocycles. The van der Waals surface area contributed by atoms with E-state index in [1.165, 1.54) is 6.08 Å². The normalized spacial score (nSPS) is 11.2. The van der Waals surface area contributed by atoms with E-state index >= 15 is 0 Å². The topological polar surface area (TPSA) is 47.6 Å². The van der Waals surface area contributed by atoms with Crippen molar-refractivity contribution < 1.29 is 14.3 Å². The van der Waals surface area contributed by atoms with Crippen molar-refractivity contribution in [2.24, 2.45) is 5.92 Å². The van der Waals surface area contributed by atoms with E-state index in [0.717, 1.165) is 11.3 Å². The lowest BCUT2D eigenvalue weighted by molar-refractivity contribution is -0.116. The molecule has 1 rings (SSSR count). The lowest BCUT2D eigenvalue weighted by Gasteiger charge is -2.12. The Hall–Kier alpha value is -1.97. The summed E-state index contributed by atoms with van der Waals surface area (Å²) in [6.07, 6.45) is 3.27. The SMILES string of the molecule is COc1cc(/C=C/C(=O)NC(C)C)ccc1OCC(C)C. The zero-order chi connectivity index (χ0) is 15.8. The van der Waals surface area contributed by atoms with Gasteiger partial charge in [0.25, 0.3) is 0 Å². The molecule has 4 nitrogen and oxygen atoms in total.